The van der Waals surface area contributed by atoms with Crippen LogP contribution in [0.4, 0.5) is 10.8 Å². The van der Waals surface area contributed by atoms with Crippen LogP contribution in [0.2, 0.25) is 0 Å². The second-order valence-corrected chi connectivity index (χ2v) is 4.54. The fourth-order valence-electron chi connectivity index (χ4n) is 1.26. The Bertz CT molecular complexity index is 433. The van der Waals surface area contributed by atoms with Gasteiger partial charge in [0.05, 0.1) is 0 Å². The van der Waals surface area contributed by atoms with Gasteiger partial charge in [-0.2, -0.15) is 0 Å². The number of hydrogen-bond acceptors (Lipinski definition) is 4. The first-order valence-corrected chi connectivity index (χ1v) is 5.58. The zero-order chi connectivity index (χ0) is 10.7. The van der Waals surface area contributed by atoms with Crippen LogP contribution in [0.3, 0.4) is 0 Å². The van der Waals surface area contributed by atoms with E-state index in [-0.39, 0.29) is 0 Å². The fourth-order valence-corrected chi connectivity index (χ4v) is 1.94. The van der Waals surface area contributed by atoms with E-state index in [1.54, 1.807) is 11.3 Å². The summed E-state index contributed by atoms with van der Waals surface area (Å²) in [5, 5.41) is 4.17. The molecule has 78 valence electrons. The Morgan fingerprint density at radius 3 is 2.60 bits per heavy atom. The molecular formula is C11H13N3S. The number of aromatic nitrogens is 1. The third-order valence-electron chi connectivity index (χ3n) is 2.06. The monoisotopic (exact) mass is 219 g/mol. The van der Waals surface area contributed by atoms with Crippen LogP contribution in [0.25, 0.3) is 0 Å². The molecule has 0 atom stereocenters. The van der Waals surface area contributed by atoms with Gasteiger partial charge in [0.25, 0.3) is 0 Å². The zero-order valence-corrected chi connectivity index (χ0v) is 9.34. The van der Waals surface area contributed by atoms with E-state index in [2.05, 4.69) is 10.3 Å². The van der Waals surface area contributed by atoms with Gasteiger partial charge in [0.2, 0.25) is 0 Å². The van der Waals surface area contributed by atoms with E-state index in [1.165, 1.54) is 4.88 Å². The lowest BCUT2D eigenvalue weighted by Crippen LogP contribution is -1.96. The van der Waals surface area contributed by atoms with E-state index >= 15 is 0 Å². The molecule has 3 nitrogen and oxygen atoms in total. The van der Waals surface area contributed by atoms with Crippen LogP contribution in [0.1, 0.15) is 10.4 Å². The van der Waals surface area contributed by atoms with Crippen LogP contribution in [0, 0.1) is 6.92 Å². The molecule has 3 N–H and O–H groups in total. The molecule has 0 aliphatic carbocycles. The summed E-state index contributed by atoms with van der Waals surface area (Å²) < 4.78 is 0. The lowest BCUT2D eigenvalue weighted by atomic mass is 10.2. The van der Waals surface area contributed by atoms with Crippen LogP contribution >= 0.6 is 11.3 Å². The standard InChI is InChI=1S/C11H13N3S/c1-8-7-13-11(15-8)14-10-4-2-9(6-12)3-5-10/h2-5,7H,6,12H2,1H3,(H,13,14). The molecule has 0 spiro atoms. The Balaban J connectivity index is 2.11. The van der Waals surface area contributed by atoms with E-state index < -0.39 is 0 Å². The van der Waals surface area contributed by atoms with Crippen LogP contribution in [-0.4, -0.2) is 4.98 Å². The maximum Gasteiger partial charge on any atom is 0.187 e. The highest BCUT2D eigenvalue weighted by molar-refractivity contribution is 7.15. The first-order chi connectivity index (χ1) is 7.28. The second-order valence-electron chi connectivity index (χ2n) is 3.30. The molecule has 2 rings (SSSR count). The molecule has 0 amide bonds. The molecule has 0 aliphatic heterocycles. The molecule has 0 aliphatic rings. The van der Waals surface area contributed by atoms with Crippen LogP contribution < -0.4 is 11.1 Å². The van der Waals surface area contributed by atoms with Gasteiger partial charge < -0.3 is 11.1 Å². The molecular weight excluding hydrogens is 206 g/mol. The summed E-state index contributed by atoms with van der Waals surface area (Å²) in [5.74, 6) is 0. The highest BCUT2D eigenvalue weighted by atomic mass is 32.1. The molecule has 0 saturated carbocycles. The maximum atomic E-state index is 5.53. The summed E-state index contributed by atoms with van der Waals surface area (Å²) in [5.41, 5.74) is 7.70. The highest BCUT2D eigenvalue weighted by Gasteiger charge is 1.98. The van der Waals surface area contributed by atoms with E-state index in [9.17, 15) is 0 Å². The SMILES string of the molecule is Cc1cnc(Nc2ccc(CN)cc2)s1. The van der Waals surface area contributed by atoms with Gasteiger partial charge in [-0.05, 0) is 24.6 Å². The molecule has 15 heavy (non-hydrogen) atoms. The summed E-state index contributed by atoms with van der Waals surface area (Å²) in [6.07, 6.45) is 1.86. The van der Waals surface area contributed by atoms with Crippen molar-refractivity contribution in [1.29, 1.82) is 0 Å². The molecule has 2 aromatic rings. The van der Waals surface area contributed by atoms with Gasteiger partial charge in [-0.1, -0.05) is 12.1 Å². The zero-order valence-electron chi connectivity index (χ0n) is 8.53. The predicted octanol–water partition coefficient (Wildman–Crippen LogP) is 2.65. The molecule has 0 saturated heterocycles. The molecule has 4 heteroatoms. The van der Waals surface area contributed by atoms with Crippen molar-refractivity contribution in [2.24, 2.45) is 5.73 Å². The van der Waals surface area contributed by atoms with Crippen molar-refractivity contribution in [2.45, 2.75) is 13.5 Å². The van der Waals surface area contributed by atoms with E-state index in [4.69, 9.17) is 5.73 Å². The van der Waals surface area contributed by atoms with Gasteiger partial charge in [0.1, 0.15) is 0 Å². The summed E-state index contributed by atoms with van der Waals surface area (Å²) in [4.78, 5) is 5.44. The summed E-state index contributed by atoms with van der Waals surface area (Å²) >= 11 is 1.65. The smallest absolute Gasteiger partial charge is 0.187 e. The van der Waals surface area contributed by atoms with Gasteiger partial charge in [-0.25, -0.2) is 4.98 Å². The molecule has 1 heterocycles. The van der Waals surface area contributed by atoms with E-state index in [0.29, 0.717) is 6.54 Å². The number of rotatable bonds is 3. The normalized spacial score (nSPS) is 10.3. The van der Waals surface area contributed by atoms with Crippen molar-refractivity contribution < 1.29 is 0 Å². The Morgan fingerprint density at radius 1 is 1.33 bits per heavy atom. The van der Waals surface area contributed by atoms with Gasteiger partial charge in [-0.15, -0.1) is 11.3 Å². The third kappa shape index (κ3) is 2.55. The number of nitrogens with two attached hydrogens (primary N) is 1. The molecule has 0 bridgehead atoms. The topological polar surface area (TPSA) is 50.9 Å². The van der Waals surface area contributed by atoms with Gasteiger partial charge in [0, 0.05) is 23.3 Å². The molecule has 1 aromatic carbocycles. The number of benzene rings is 1. The summed E-state index contributed by atoms with van der Waals surface area (Å²) in [6.45, 7) is 2.62. The Hall–Kier alpha value is -1.39. The maximum absolute atomic E-state index is 5.53. The van der Waals surface area contributed by atoms with Crippen molar-refractivity contribution in [3.05, 3.63) is 40.9 Å². The van der Waals surface area contributed by atoms with Crippen LogP contribution in [-0.2, 0) is 6.54 Å². The molecule has 0 unspecified atom stereocenters. The fraction of sp³-hybridized carbons (Fsp3) is 0.182. The van der Waals surface area contributed by atoms with Crippen molar-refractivity contribution >= 4 is 22.2 Å². The minimum atomic E-state index is 0.580. The van der Waals surface area contributed by atoms with Crippen molar-refractivity contribution in [2.75, 3.05) is 5.32 Å². The van der Waals surface area contributed by atoms with Crippen molar-refractivity contribution in [1.82, 2.24) is 4.98 Å². The number of aryl methyl sites for hydroxylation is 1. The lowest BCUT2D eigenvalue weighted by Gasteiger charge is -2.03. The second kappa shape index (κ2) is 4.42. The number of anilines is 2. The average Bonchev–Trinajstić information content (AvgIpc) is 2.65. The Morgan fingerprint density at radius 2 is 2.07 bits per heavy atom. The van der Waals surface area contributed by atoms with Gasteiger partial charge in [0.15, 0.2) is 5.13 Å². The Labute approximate surface area is 93.0 Å². The summed E-state index contributed by atoms with van der Waals surface area (Å²) in [6, 6.07) is 8.06. The number of nitrogens with one attached hydrogen (secondary N) is 1. The van der Waals surface area contributed by atoms with Gasteiger partial charge in [-0.3, -0.25) is 0 Å². The number of hydrogen-bond donors (Lipinski definition) is 2. The molecule has 1 aromatic heterocycles. The van der Waals surface area contributed by atoms with E-state index in [1.807, 2.05) is 37.4 Å². The molecule has 0 fully saturated rings. The summed E-state index contributed by atoms with van der Waals surface area (Å²) in [7, 11) is 0. The minimum Gasteiger partial charge on any atom is -0.332 e. The van der Waals surface area contributed by atoms with Crippen LogP contribution in [0.5, 0.6) is 0 Å². The van der Waals surface area contributed by atoms with Gasteiger partial charge >= 0.3 is 0 Å². The highest BCUT2D eigenvalue weighted by Crippen LogP contribution is 2.21. The quantitative estimate of drug-likeness (QED) is 0.834. The van der Waals surface area contributed by atoms with Crippen LogP contribution in [0.15, 0.2) is 30.5 Å². The van der Waals surface area contributed by atoms with Crippen molar-refractivity contribution in [3.8, 4) is 0 Å². The third-order valence-corrected chi connectivity index (χ3v) is 2.89. The number of thiazole rings is 1. The first-order valence-electron chi connectivity index (χ1n) is 4.76. The largest absolute Gasteiger partial charge is 0.332 e. The number of nitrogens with zero attached hydrogens (tertiary/aromatic N) is 1. The predicted molar refractivity (Wildman–Crippen MR) is 64.5 cm³/mol. The first kappa shape index (κ1) is 10.1. The lowest BCUT2D eigenvalue weighted by molar-refractivity contribution is 1.07. The minimum absolute atomic E-state index is 0.580. The Kier molecular flexibility index (Phi) is 2.99. The molecule has 0 radical (unpaired) electrons. The van der Waals surface area contributed by atoms with E-state index in [0.717, 1.165) is 16.4 Å². The average molecular weight is 219 g/mol. The van der Waals surface area contributed by atoms with Crippen molar-refractivity contribution in [3.63, 3.8) is 0 Å².